The number of hydrogen-bond acceptors (Lipinski definition) is 5. The minimum Gasteiger partial charge on any atom is -0.377 e. The molecule has 162 valence electrons. The highest BCUT2D eigenvalue weighted by Crippen LogP contribution is 2.27. The smallest absolute Gasteiger partial charge is 0.264 e. The number of hydrogen-bond donors (Lipinski definition) is 1. The van der Waals surface area contributed by atoms with E-state index in [0.29, 0.717) is 13.1 Å². The number of amides is 2. The highest BCUT2D eigenvalue weighted by atomic mass is 32.1. The van der Waals surface area contributed by atoms with Crippen molar-refractivity contribution in [3.05, 3.63) is 46.2 Å². The van der Waals surface area contributed by atoms with E-state index in [2.05, 4.69) is 5.32 Å². The molecule has 1 aromatic carbocycles. The first-order valence-corrected chi connectivity index (χ1v) is 11.3. The molecule has 1 saturated heterocycles. The van der Waals surface area contributed by atoms with Gasteiger partial charge in [0, 0.05) is 51.1 Å². The zero-order valence-electron chi connectivity index (χ0n) is 18.2. The number of carbonyl (C=O) groups excluding carboxylic acids is 2. The predicted molar refractivity (Wildman–Crippen MR) is 122 cm³/mol. The van der Waals surface area contributed by atoms with Crippen molar-refractivity contribution in [2.45, 2.75) is 39.3 Å². The van der Waals surface area contributed by atoms with Gasteiger partial charge < -0.3 is 19.9 Å². The van der Waals surface area contributed by atoms with Crippen LogP contribution in [0.1, 0.15) is 41.9 Å². The van der Waals surface area contributed by atoms with Crippen LogP contribution < -0.4 is 10.2 Å². The lowest BCUT2D eigenvalue weighted by molar-refractivity contribution is -0.118. The summed E-state index contributed by atoms with van der Waals surface area (Å²) in [5.41, 5.74) is 2.76. The van der Waals surface area contributed by atoms with E-state index < -0.39 is 0 Å². The predicted octanol–water partition coefficient (Wildman–Crippen LogP) is 4.23. The fourth-order valence-electron chi connectivity index (χ4n) is 3.53. The topological polar surface area (TPSA) is 61.9 Å². The summed E-state index contributed by atoms with van der Waals surface area (Å²) in [4.78, 5) is 30.0. The van der Waals surface area contributed by atoms with Gasteiger partial charge in [-0.05, 0) is 48.1 Å². The fourth-order valence-corrected chi connectivity index (χ4v) is 4.22. The number of benzene rings is 1. The van der Waals surface area contributed by atoms with Crippen LogP contribution >= 0.6 is 11.3 Å². The molecule has 1 aliphatic rings. The van der Waals surface area contributed by atoms with Gasteiger partial charge in [-0.1, -0.05) is 19.9 Å². The lowest BCUT2D eigenvalue weighted by Crippen LogP contribution is -2.37. The molecule has 30 heavy (non-hydrogen) atoms. The van der Waals surface area contributed by atoms with Crippen LogP contribution in [0.4, 0.5) is 11.4 Å². The normalized spacial score (nSPS) is 16.0. The van der Waals surface area contributed by atoms with Crippen LogP contribution in [-0.4, -0.2) is 50.1 Å². The van der Waals surface area contributed by atoms with Crippen molar-refractivity contribution in [3.63, 3.8) is 0 Å². The summed E-state index contributed by atoms with van der Waals surface area (Å²) in [5, 5.41) is 4.89. The fraction of sp³-hybridized carbons (Fsp3) is 0.478. The third-order valence-electron chi connectivity index (χ3n) is 5.18. The molecule has 2 heterocycles. The molecule has 0 spiro atoms. The van der Waals surface area contributed by atoms with Crippen LogP contribution in [0.25, 0.3) is 0 Å². The number of nitrogens with one attached hydrogen (secondary N) is 1. The lowest BCUT2D eigenvalue weighted by atomic mass is 10.1. The third-order valence-corrected chi connectivity index (χ3v) is 6.04. The summed E-state index contributed by atoms with van der Waals surface area (Å²) in [6.45, 7) is 5.51. The number of thiophene rings is 1. The molecule has 6 nitrogen and oxygen atoms in total. The molecule has 0 radical (unpaired) electrons. The Labute approximate surface area is 182 Å². The second-order valence-electron chi connectivity index (χ2n) is 8.18. The van der Waals surface area contributed by atoms with Crippen molar-refractivity contribution in [1.29, 1.82) is 0 Å². The number of anilines is 2. The van der Waals surface area contributed by atoms with E-state index in [1.54, 1.807) is 0 Å². The first kappa shape index (κ1) is 22.3. The molecule has 2 aromatic rings. The first-order valence-electron chi connectivity index (χ1n) is 10.4. The minimum absolute atomic E-state index is 0.0156. The van der Waals surface area contributed by atoms with E-state index in [4.69, 9.17) is 4.74 Å². The van der Waals surface area contributed by atoms with Gasteiger partial charge in [-0.2, -0.15) is 0 Å². The molecule has 1 aliphatic heterocycles. The van der Waals surface area contributed by atoms with Crippen molar-refractivity contribution in [2.24, 2.45) is 5.92 Å². The zero-order chi connectivity index (χ0) is 21.7. The lowest BCUT2D eigenvalue weighted by Gasteiger charge is -2.28. The summed E-state index contributed by atoms with van der Waals surface area (Å²) in [6, 6.07) is 9.63. The van der Waals surface area contributed by atoms with E-state index in [9.17, 15) is 9.59 Å². The van der Waals surface area contributed by atoms with Crippen LogP contribution in [-0.2, 0) is 16.1 Å². The third kappa shape index (κ3) is 5.61. The van der Waals surface area contributed by atoms with Crippen LogP contribution in [0.5, 0.6) is 0 Å². The number of carbonyl (C=O) groups is 2. The van der Waals surface area contributed by atoms with Gasteiger partial charge in [0.05, 0.1) is 11.0 Å². The van der Waals surface area contributed by atoms with Crippen LogP contribution in [0, 0.1) is 5.92 Å². The number of rotatable bonds is 8. The second-order valence-corrected chi connectivity index (χ2v) is 9.13. The van der Waals surface area contributed by atoms with Crippen LogP contribution in [0.3, 0.4) is 0 Å². The Hall–Kier alpha value is -2.38. The van der Waals surface area contributed by atoms with E-state index >= 15 is 0 Å². The second kappa shape index (κ2) is 10.1. The molecular weight excluding hydrogens is 398 g/mol. The van der Waals surface area contributed by atoms with E-state index in [0.717, 1.165) is 41.3 Å². The maximum absolute atomic E-state index is 13.2. The van der Waals surface area contributed by atoms with Gasteiger partial charge >= 0.3 is 0 Å². The highest BCUT2D eigenvalue weighted by molar-refractivity contribution is 7.12. The molecule has 7 heteroatoms. The molecule has 3 rings (SSSR count). The Bertz CT molecular complexity index is 859. The summed E-state index contributed by atoms with van der Waals surface area (Å²) >= 11 is 1.45. The highest BCUT2D eigenvalue weighted by Gasteiger charge is 2.25. The maximum Gasteiger partial charge on any atom is 0.264 e. The zero-order valence-corrected chi connectivity index (χ0v) is 19.0. The summed E-state index contributed by atoms with van der Waals surface area (Å²) in [6.07, 6.45) is 2.07. The molecular formula is C23H31N3O3S. The molecule has 0 aliphatic carbocycles. The van der Waals surface area contributed by atoms with E-state index in [1.807, 2.05) is 73.5 Å². The van der Waals surface area contributed by atoms with Crippen LogP contribution in [0.15, 0.2) is 35.7 Å². The Balaban J connectivity index is 1.88. The quantitative estimate of drug-likeness (QED) is 0.682. The SMILES string of the molecule is CC(C)C(=O)Nc1ccc(N(C)C)c(CN(C[C@H]2CCCO2)C(=O)c2cccs2)c1. The van der Waals surface area contributed by atoms with Gasteiger partial charge in [0.1, 0.15) is 0 Å². The van der Waals surface area contributed by atoms with E-state index in [-0.39, 0.29) is 23.8 Å². The monoisotopic (exact) mass is 429 g/mol. The van der Waals surface area contributed by atoms with Crippen LogP contribution in [0.2, 0.25) is 0 Å². The summed E-state index contributed by atoms with van der Waals surface area (Å²) in [7, 11) is 3.97. The number of ether oxygens (including phenoxy) is 1. The van der Waals surface area contributed by atoms with Crippen molar-refractivity contribution in [2.75, 3.05) is 37.5 Å². The standard InChI is InChI=1S/C23H31N3O3S/c1-16(2)22(27)24-18-9-10-20(25(3)4)17(13-18)14-26(15-19-7-5-11-29-19)23(28)21-8-6-12-30-21/h6,8-10,12-13,16,19H,5,7,11,14-15H2,1-4H3,(H,24,27)/t19-/m1/s1. The molecule has 1 aromatic heterocycles. The van der Waals surface area contributed by atoms with Crippen molar-refractivity contribution in [1.82, 2.24) is 4.90 Å². The van der Waals surface area contributed by atoms with E-state index in [1.165, 1.54) is 11.3 Å². The summed E-state index contributed by atoms with van der Waals surface area (Å²) in [5.74, 6) is -0.107. The molecule has 1 atom stereocenters. The minimum atomic E-state index is -0.0987. The largest absolute Gasteiger partial charge is 0.377 e. The first-order chi connectivity index (χ1) is 14.3. The number of nitrogens with zero attached hydrogens (tertiary/aromatic N) is 2. The Morgan fingerprint density at radius 2 is 2.07 bits per heavy atom. The van der Waals surface area contributed by atoms with Gasteiger partial charge in [-0.15, -0.1) is 11.3 Å². The average molecular weight is 430 g/mol. The van der Waals surface area contributed by atoms with Gasteiger partial charge in [0.25, 0.3) is 5.91 Å². The van der Waals surface area contributed by atoms with Crippen molar-refractivity contribution >= 4 is 34.5 Å². The van der Waals surface area contributed by atoms with Gasteiger partial charge in [0.2, 0.25) is 5.91 Å². The molecule has 0 unspecified atom stereocenters. The van der Waals surface area contributed by atoms with Gasteiger partial charge in [-0.25, -0.2) is 0 Å². The summed E-state index contributed by atoms with van der Waals surface area (Å²) < 4.78 is 5.81. The Morgan fingerprint density at radius 1 is 1.27 bits per heavy atom. The van der Waals surface area contributed by atoms with Crippen molar-refractivity contribution in [3.8, 4) is 0 Å². The molecule has 0 bridgehead atoms. The maximum atomic E-state index is 13.2. The van der Waals surface area contributed by atoms with Gasteiger partial charge in [-0.3, -0.25) is 9.59 Å². The van der Waals surface area contributed by atoms with Gasteiger partial charge in [0.15, 0.2) is 0 Å². The molecule has 1 fully saturated rings. The average Bonchev–Trinajstić information content (AvgIpc) is 3.41. The van der Waals surface area contributed by atoms with Crippen molar-refractivity contribution < 1.29 is 14.3 Å². The molecule has 1 N–H and O–H groups in total. The molecule has 2 amide bonds. The Kier molecular flexibility index (Phi) is 7.50. The Morgan fingerprint density at radius 3 is 2.67 bits per heavy atom. The molecule has 0 saturated carbocycles.